The Kier molecular flexibility index (Phi) is 2.87. The van der Waals surface area contributed by atoms with Crippen molar-refractivity contribution in [2.24, 2.45) is 5.92 Å². The molecule has 0 amide bonds. The first kappa shape index (κ1) is 9.71. The number of nitrogens with zero attached hydrogens (tertiary/aromatic N) is 2. The van der Waals surface area contributed by atoms with Gasteiger partial charge in [-0.15, -0.1) is 0 Å². The maximum Gasteiger partial charge on any atom is 0.149 e. The van der Waals surface area contributed by atoms with E-state index in [0.717, 1.165) is 11.7 Å². The first-order valence-corrected chi connectivity index (χ1v) is 5.41. The van der Waals surface area contributed by atoms with Crippen LogP contribution in [-0.4, -0.2) is 16.0 Å². The molecule has 0 radical (unpaired) electrons. The van der Waals surface area contributed by atoms with Crippen LogP contribution in [-0.2, 0) is 0 Å². The van der Waals surface area contributed by atoms with Crippen molar-refractivity contribution in [2.45, 2.75) is 32.2 Å². The molecule has 1 heterocycles. The quantitative estimate of drug-likeness (QED) is 0.832. The second-order valence-electron chi connectivity index (χ2n) is 3.76. The Bertz CT molecular complexity index is 316. The summed E-state index contributed by atoms with van der Waals surface area (Å²) in [5.74, 6) is 1.61. The lowest BCUT2D eigenvalue weighted by Gasteiger charge is -2.03. The van der Waals surface area contributed by atoms with Gasteiger partial charge in [0, 0.05) is 6.04 Å². The molecule has 2 rings (SSSR count). The van der Waals surface area contributed by atoms with Crippen LogP contribution in [0.4, 0.5) is 5.82 Å². The molecule has 1 aromatic heterocycles. The zero-order valence-corrected chi connectivity index (χ0v) is 8.96. The SMILES string of the molecule is CCCC1CC1Nc1cncc(Cl)n1. The lowest BCUT2D eigenvalue weighted by Crippen LogP contribution is -2.06. The Morgan fingerprint density at radius 3 is 3.14 bits per heavy atom. The molecule has 0 spiro atoms. The minimum atomic E-state index is 0.447. The number of anilines is 1. The summed E-state index contributed by atoms with van der Waals surface area (Å²) in [6, 6.07) is 0.586. The number of hydrogen-bond acceptors (Lipinski definition) is 3. The molecule has 2 atom stereocenters. The molecule has 1 aliphatic rings. The molecule has 76 valence electrons. The van der Waals surface area contributed by atoms with E-state index in [1.165, 1.54) is 19.3 Å². The van der Waals surface area contributed by atoms with Crippen LogP contribution in [0.5, 0.6) is 0 Å². The maximum atomic E-state index is 5.73. The average Bonchev–Trinajstić information content (AvgIpc) is 2.84. The van der Waals surface area contributed by atoms with E-state index < -0.39 is 0 Å². The van der Waals surface area contributed by atoms with E-state index in [0.29, 0.717) is 11.2 Å². The van der Waals surface area contributed by atoms with Crippen molar-refractivity contribution in [1.29, 1.82) is 0 Å². The number of rotatable bonds is 4. The Morgan fingerprint density at radius 2 is 2.43 bits per heavy atom. The predicted octanol–water partition coefficient (Wildman–Crippen LogP) is 2.73. The van der Waals surface area contributed by atoms with Crippen molar-refractivity contribution in [2.75, 3.05) is 5.32 Å². The largest absolute Gasteiger partial charge is 0.366 e. The van der Waals surface area contributed by atoms with Gasteiger partial charge in [0.05, 0.1) is 12.4 Å². The van der Waals surface area contributed by atoms with Crippen LogP contribution in [0.2, 0.25) is 5.15 Å². The normalized spacial score (nSPS) is 24.7. The summed E-state index contributed by atoms with van der Waals surface area (Å²) in [6.45, 7) is 2.22. The molecule has 0 bridgehead atoms. The highest BCUT2D eigenvalue weighted by Gasteiger charge is 2.36. The molecule has 2 unspecified atom stereocenters. The molecular formula is C10H14ClN3. The predicted molar refractivity (Wildman–Crippen MR) is 57.5 cm³/mol. The Labute approximate surface area is 88.9 Å². The third kappa shape index (κ3) is 2.35. The van der Waals surface area contributed by atoms with E-state index in [9.17, 15) is 0 Å². The molecule has 4 heteroatoms. The molecule has 1 N–H and O–H groups in total. The van der Waals surface area contributed by atoms with Gasteiger partial charge in [0.15, 0.2) is 0 Å². The van der Waals surface area contributed by atoms with Crippen LogP contribution >= 0.6 is 11.6 Å². The lowest BCUT2D eigenvalue weighted by atomic mass is 10.2. The second-order valence-corrected chi connectivity index (χ2v) is 4.15. The van der Waals surface area contributed by atoms with Gasteiger partial charge in [-0.3, -0.25) is 4.98 Å². The van der Waals surface area contributed by atoms with Gasteiger partial charge in [-0.2, -0.15) is 0 Å². The van der Waals surface area contributed by atoms with Crippen molar-refractivity contribution < 1.29 is 0 Å². The minimum absolute atomic E-state index is 0.447. The minimum Gasteiger partial charge on any atom is -0.366 e. The zero-order chi connectivity index (χ0) is 9.97. The van der Waals surface area contributed by atoms with E-state index in [1.807, 2.05) is 0 Å². The van der Waals surface area contributed by atoms with Gasteiger partial charge in [0.2, 0.25) is 0 Å². The van der Waals surface area contributed by atoms with Crippen LogP contribution in [0.15, 0.2) is 12.4 Å². The van der Waals surface area contributed by atoms with Gasteiger partial charge >= 0.3 is 0 Å². The molecular weight excluding hydrogens is 198 g/mol. The smallest absolute Gasteiger partial charge is 0.149 e. The van der Waals surface area contributed by atoms with Crippen LogP contribution in [0.1, 0.15) is 26.2 Å². The summed E-state index contributed by atoms with van der Waals surface area (Å²) in [5.41, 5.74) is 0. The number of aromatic nitrogens is 2. The van der Waals surface area contributed by atoms with Gasteiger partial charge in [0.1, 0.15) is 11.0 Å². The van der Waals surface area contributed by atoms with E-state index >= 15 is 0 Å². The second kappa shape index (κ2) is 4.13. The summed E-state index contributed by atoms with van der Waals surface area (Å²) in [5, 5.41) is 3.78. The van der Waals surface area contributed by atoms with Crippen molar-refractivity contribution in [3.05, 3.63) is 17.5 Å². The van der Waals surface area contributed by atoms with Crippen LogP contribution in [0.25, 0.3) is 0 Å². The Balaban J connectivity index is 1.87. The monoisotopic (exact) mass is 211 g/mol. The van der Waals surface area contributed by atoms with E-state index in [-0.39, 0.29) is 0 Å². The zero-order valence-electron chi connectivity index (χ0n) is 8.20. The van der Waals surface area contributed by atoms with Gasteiger partial charge in [0.25, 0.3) is 0 Å². The molecule has 3 nitrogen and oxygen atoms in total. The molecule has 14 heavy (non-hydrogen) atoms. The summed E-state index contributed by atoms with van der Waals surface area (Å²) in [4.78, 5) is 8.12. The summed E-state index contributed by atoms with van der Waals surface area (Å²) in [6.07, 6.45) is 7.06. The molecule has 1 aromatic rings. The molecule has 0 saturated heterocycles. The molecule has 1 fully saturated rings. The maximum absolute atomic E-state index is 5.73. The number of hydrogen-bond donors (Lipinski definition) is 1. The lowest BCUT2D eigenvalue weighted by molar-refractivity contribution is 0.692. The summed E-state index contributed by atoms with van der Waals surface area (Å²) < 4.78 is 0. The van der Waals surface area contributed by atoms with Crippen molar-refractivity contribution in [1.82, 2.24) is 9.97 Å². The van der Waals surface area contributed by atoms with E-state index in [1.54, 1.807) is 12.4 Å². The van der Waals surface area contributed by atoms with Crippen LogP contribution in [0.3, 0.4) is 0 Å². The fourth-order valence-corrected chi connectivity index (χ4v) is 1.86. The summed E-state index contributed by atoms with van der Waals surface area (Å²) >= 11 is 5.73. The van der Waals surface area contributed by atoms with Crippen LogP contribution in [0, 0.1) is 5.92 Å². The average molecular weight is 212 g/mol. The highest BCUT2D eigenvalue weighted by molar-refractivity contribution is 6.29. The van der Waals surface area contributed by atoms with Gasteiger partial charge < -0.3 is 5.32 Å². The van der Waals surface area contributed by atoms with Gasteiger partial charge in [-0.25, -0.2) is 4.98 Å². The van der Waals surface area contributed by atoms with Crippen LogP contribution < -0.4 is 5.32 Å². The molecule has 0 aromatic carbocycles. The van der Waals surface area contributed by atoms with Crippen molar-refractivity contribution >= 4 is 17.4 Å². The van der Waals surface area contributed by atoms with Gasteiger partial charge in [-0.05, 0) is 18.8 Å². The third-order valence-corrected chi connectivity index (χ3v) is 2.70. The topological polar surface area (TPSA) is 37.8 Å². The fourth-order valence-electron chi connectivity index (χ4n) is 1.72. The third-order valence-electron chi connectivity index (χ3n) is 2.52. The standard InChI is InChI=1S/C10H14ClN3/c1-2-3-7-4-8(7)13-10-6-12-5-9(11)14-10/h5-8H,2-4H2,1H3,(H,13,14). The van der Waals surface area contributed by atoms with Crippen molar-refractivity contribution in [3.8, 4) is 0 Å². The van der Waals surface area contributed by atoms with Crippen molar-refractivity contribution in [3.63, 3.8) is 0 Å². The molecule has 1 saturated carbocycles. The molecule has 1 aliphatic carbocycles. The van der Waals surface area contributed by atoms with E-state index in [2.05, 4.69) is 22.2 Å². The number of halogens is 1. The Morgan fingerprint density at radius 1 is 1.57 bits per heavy atom. The summed E-state index contributed by atoms with van der Waals surface area (Å²) in [7, 11) is 0. The molecule has 0 aliphatic heterocycles. The highest BCUT2D eigenvalue weighted by Crippen LogP contribution is 2.36. The van der Waals surface area contributed by atoms with Gasteiger partial charge in [-0.1, -0.05) is 24.9 Å². The fraction of sp³-hybridized carbons (Fsp3) is 0.600. The van der Waals surface area contributed by atoms with E-state index in [4.69, 9.17) is 11.6 Å². The highest BCUT2D eigenvalue weighted by atomic mass is 35.5. The number of nitrogens with one attached hydrogen (secondary N) is 1. The Hall–Kier alpha value is -0.830. The first-order valence-electron chi connectivity index (χ1n) is 5.03. The first-order chi connectivity index (χ1) is 6.79.